The fraction of sp³-hybridized carbons (Fsp3) is 0.0556. The van der Waals surface area contributed by atoms with E-state index >= 15 is 0 Å². The molecule has 0 bridgehead atoms. The number of carbonyl (C=O) groups excluding carboxylic acids is 1. The van der Waals surface area contributed by atoms with Crippen LogP contribution in [0.5, 0.6) is 0 Å². The van der Waals surface area contributed by atoms with Gasteiger partial charge in [0.1, 0.15) is 0 Å². The molecule has 0 aromatic heterocycles. The van der Waals surface area contributed by atoms with Gasteiger partial charge in [-0.15, -0.1) is 0 Å². The van der Waals surface area contributed by atoms with Crippen LogP contribution in [-0.4, -0.2) is 27.5 Å². The number of aldehydes is 1. The van der Waals surface area contributed by atoms with Gasteiger partial charge in [-0.05, 0) is 0 Å². The molecule has 0 heterocycles. The van der Waals surface area contributed by atoms with Crippen molar-refractivity contribution >= 4 is 43.5 Å². The molecule has 0 radical (unpaired) electrons. The molecule has 106 valence electrons. The van der Waals surface area contributed by atoms with E-state index < -0.39 is 0 Å². The number of rotatable bonds is 6. The molecule has 0 saturated carbocycles. The molecule has 2 rings (SSSR count). The summed E-state index contributed by atoms with van der Waals surface area (Å²) in [4.78, 5) is 11.9. The molecule has 2 aromatic rings. The van der Waals surface area contributed by atoms with Crippen molar-refractivity contribution in [3.05, 3.63) is 81.7 Å². The summed E-state index contributed by atoms with van der Waals surface area (Å²) in [6.45, 7) is 0. The summed E-state index contributed by atoms with van der Waals surface area (Å²) >= 11 is 1.79. The average molecular weight is 359 g/mol. The van der Waals surface area contributed by atoms with Crippen molar-refractivity contribution in [2.45, 2.75) is 0 Å². The molecule has 0 fully saturated rings. The molecule has 0 amide bonds. The van der Waals surface area contributed by atoms with Crippen molar-refractivity contribution in [2.24, 2.45) is 0 Å². The maximum atomic E-state index is 10.9. The van der Waals surface area contributed by atoms with Crippen LogP contribution >= 0.6 is 11.8 Å². The molecule has 0 N–H and O–H groups in total. The third-order valence-corrected chi connectivity index (χ3v) is 6.07. The van der Waals surface area contributed by atoms with Crippen LogP contribution in [0, 0.1) is 0 Å². The van der Waals surface area contributed by atoms with Gasteiger partial charge in [0.25, 0.3) is 0 Å². The topological polar surface area (TPSA) is 17.1 Å². The molecule has 3 heteroatoms. The molecule has 1 nitrogen and oxygen atoms in total. The van der Waals surface area contributed by atoms with Crippen LogP contribution < -0.4 is 4.46 Å². The van der Waals surface area contributed by atoms with Crippen LogP contribution in [0.4, 0.5) is 0 Å². The number of thioether (sulfide) groups is 1. The van der Waals surface area contributed by atoms with Crippen LogP contribution in [-0.2, 0) is 4.79 Å². The van der Waals surface area contributed by atoms with Gasteiger partial charge in [-0.1, -0.05) is 0 Å². The number of hydrogen-bond donors (Lipinski definition) is 0. The Kier molecular flexibility index (Phi) is 6.55. The molecule has 0 aliphatic heterocycles. The van der Waals surface area contributed by atoms with E-state index in [0.29, 0.717) is 0 Å². The summed E-state index contributed by atoms with van der Waals surface area (Å²) in [5.41, 5.74) is 1.16. The summed E-state index contributed by atoms with van der Waals surface area (Å²) in [7, 11) is 0. The van der Waals surface area contributed by atoms with E-state index in [1.807, 2.05) is 30.5 Å². The van der Waals surface area contributed by atoms with Crippen molar-refractivity contribution in [3.63, 3.8) is 0 Å². The molecule has 0 aliphatic rings. The van der Waals surface area contributed by atoms with Crippen LogP contribution in [0.3, 0.4) is 0 Å². The monoisotopic (exact) mass is 360 g/mol. The third kappa shape index (κ3) is 5.05. The number of carbonyl (C=O) groups is 1. The minimum atomic E-state index is 0.176. The first kappa shape index (κ1) is 15.8. The van der Waals surface area contributed by atoms with E-state index in [4.69, 9.17) is 0 Å². The van der Waals surface area contributed by atoms with Gasteiger partial charge in [0.15, 0.2) is 0 Å². The van der Waals surface area contributed by atoms with Gasteiger partial charge in [-0.2, -0.15) is 0 Å². The first-order valence-electron chi connectivity index (χ1n) is 6.53. The second kappa shape index (κ2) is 8.68. The molecule has 0 saturated heterocycles. The summed E-state index contributed by atoms with van der Waals surface area (Å²) in [5.74, 6) is 0. The second-order valence-corrected chi connectivity index (χ2v) is 7.39. The Morgan fingerprint density at radius 3 is 2.19 bits per heavy atom. The summed E-state index contributed by atoms with van der Waals surface area (Å²) in [6, 6.07) is 20.6. The summed E-state index contributed by atoms with van der Waals surface area (Å²) in [6.07, 6.45) is 6.71. The zero-order valence-electron chi connectivity index (χ0n) is 11.7. The molecule has 0 atom stereocenters. The number of benzene rings is 2. The first-order valence-corrected chi connectivity index (χ1v) is 9.46. The molecule has 0 spiro atoms. The van der Waals surface area contributed by atoms with E-state index in [9.17, 15) is 4.79 Å². The minimum absolute atomic E-state index is 0.176. The van der Waals surface area contributed by atoms with Crippen LogP contribution in [0.1, 0.15) is 5.56 Å². The van der Waals surface area contributed by atoms with Gasteiger partial charge >= 0.3 is 136 Å². The first-order chi connectivity index (χ1) is 10.3. The maximum absolute atomic E-state index is 10.9. The Bertz CT molecular complexity index is 633. The van der Waals surface area contributed by atoms with Crippen molar-refractivity contribution in [1.82, 2.24) is 0 Å². The normalized spacial score (nSPS) is 12.2. The van der Waals surface area contributed by atoms with Crippen molar-refractivity contribution in [1.29, 1.82) is 0 Å². The van der Waals surface area contributed by atoms with Crippen molar-refractivity contribution < 1.29 is 4.79 Å². The molecule has 2 aromatic carbocycles. The fourth-order valence-electron chi connectivity index (χ4n) is 1.78. The number of allylic oxidation sites excluding steroid dienone is 2. The van der Waals surface area contributed by atoms with Crippen molar-refractivity contribution in [3.8, 4) is 0 Å². The van der Waals surface area contributed by atoms with Crippen LogP contribution in [0.15, 0.2) is 76.1 Å². The zero-order valence-corrected chi connectivity index (χ0v) is 14.3. The summed E-state index contributed by atoms with van der Waals surface area (Å²) < 4.78 is 2.53. The molecular formula is C18H16OSSe. The van der Waals surface area contributed by atoms with Gasteiger partial charge in [-0.3, -0.25) is 0 Å². The Morgan fingerprint density at radius 2 is 1.62 bits per heavy atom. The predicted molar refractivity (Wildman–Crippen MR) is 93.9 cm³/mol. The molecule has 21 heavy (non-hydrogen) atoms. The zero-order chi connectivity index (χ0) is 14.9. The fourth-order valence-corrected chi connectivity index (χ4v) is 4.88. The van der Waals surface area contributed by atoms with Gasteiger partial charge in [-0.25, -0.2) is 0 Å². The Morgan fingerprint density at radius 1 is 1.00 bits per heavy atom. The van der Waals surface area contributed by atoms with Crippen molar-refractivity contribution in [2.75, 3.05) is 6.26 Å². The standard InChI is InChI=1S/C18H16OSSe/c1-20-17(12-13-19)18(14-15-8-4-2-5-9-15)21-16-10-6-3-7-11-16/h2-14H,1H3/b17-12+,18-14-. The predicted octanol–water partition coefficient (Wildman–Crippen LogP) is 3.50. The van der Waals surface area contributed by atoms with E-state index in [1.54, 1.807) is 17.8 Å². The van der Waals surface area contributed by atoms with Crippen LogP contribution in [0.25, 0.3) is 6.08 Å². The van der Waals surface area contributed by atoms with E-state index in [2.05, 4.69) is 42.5 Å². The Labute approximate surface area is 136 Å². The quantitative estimate of drug-likeness (QED) is 0.340. The van der Waals surface area contributed by atoms with E-state index in [1.165, 1.54) is 8.93 Å². The number of hydrogen-bond acceptors (Lipinski definition) is 2. The average Bonchev–Trinajstić information content (AvgIpc) is 2.54. The van der Waals surface area contributed by atoms with Crippen LogP contribution in [0.2, 0.25) is 0 Å². The molecular weight excluding hydrogens is 343 g/mol. The summed E-state index contributed by atoms with van der Waals surface area (Å²) in [5, 5.41) is 0. The van der Waals surface area contributed by atoms with Gasteiger partial charge in [0, 0.05) is 0 Å². The third-order valence-electron chi connectivity index (χ3n) is 2.75. The Balaban J connectivity index is 2.37. The SMILES string of the molecule is CSC(=C/C=O)/C(=C/c1ccccc1)[Se]c1ccccc1. The van der Waals surface area contributed by atoms with Gasteiger partial charge in [0.05, 0.1) is 0 Å². The molecule has 0 unspecified atom stereocenters. The van der Waals surface area contributed by atoms with Gasteiger partial charge in [0.2, 0.25) is 0 Å². The Hall–Kier alpha value is -1.54. The second-order valence-electron chi connectivity index (χ2n) is 4.21. The molecule has 0 aliphatic carbocycles. The van der Waals surface area contributed by atoms with Gasteiger partial charge < -0.3 is 0 Å². The van der Waals surface area contributed by atoms with E-state index in [0.717, 1.165) is 16.8 Å². The van der Waals surface area contributed by atoms with E-state index in [-0.39, 0.29) is 15.0 Å².